The molecule has 4 rings (SSSR count). The minimum atomic E-state index is -0.614. The van der Waals surface area contributed by atoms with Crippen LogP contribution >= 0.6 is 23.1 Å². The number of nitriles is 1. The van der Waals surface area contributed by atoms with Gasteiger partial charge in [0.25, 0.3) is 5.91 Å². The third kappa shape index (κ3) is 5.59. The zero-order valence-electron chi connectivity index (χ0n) is 19.6. The second-order valence-electron chi connectivity index (χ2n) is 7.69. The van der Waals surface area contributed by atoms with Crippen molar-refractivity contribution in [3.05, 3.63) is 93.6 Å². The highest BCUT2D eigenvalue weighted by atomic mass is 32.2. The topological polar surface area (TPSA) is 116 Å². The molecule has 1 atom stereocenters. The van der Waals surface area contributed by atoms with Gasteiger partial charge in [-0.3, -0.25) is 9.59 Å². The number of benzene rings is 2. The molecule has 8 nitrogen and oxygen atoms in total. The highest BCUT2D eigenvalue weighted by Gasteiger charge is 2.35. The second kappa shape index (κ2) is 11.6. The van der Waals surface area contributed by atoms with Crippen LogP contribution in [0.2, 0.25) is 0 Å². The first-order valence-electron chi connectivity index (χ1n) is 10.9. The Hall–Kier alpha value is -4.07. The number of allylic oxidation sites excluding steroid dienone is 2. The molecule has 182 valence electrons. The molecule has 1 aliphatic rings. The summed E-state index contributed by atoms with van der Waals surface area (Å²) in [7, 11) is 1.54. The van der Waals surface area contributed by atoms with Crippen LogP contribution in [-0.2, 0) is 9.59 Å². The molecule has 3 aromatic rings. The molecule has 1 aromatic heterocycles. The number of rotatable bonds is 8. The number of nitrogens with zero attached hydrogens (tertiary/aromatic N) is 2. The van der Waals surface area contributed by atoms with Gasteiger partial charge in [0.05, 0.1) is 41.1 Å². The number of aromatic nitrogens is 1. The molecule has 0 bridgehead atoms. The van der Waals surface area contributed by atoms with E-state index in [9.17, 15) is 14.9 Å². The van der Waals surface area contributed by atoms with E-state index in [4.69, 9.17) is 4.74 Å². The molecule has 0 spiro atoms. The van der Waals surface area contributed by atoms with E-state index < -0.39 is 5.92 Å². The minimum Gasteiger partial charge on any atom is -0.495 e. The molecule has 0 saturated carbocycles. The number of thioether (sulfide) groups is 1. The van der Waals surface area contributed by atoms with Gasteiger partial charge in [-0.15, -0.1) is 11.3 Å². The number of hydrogen-bond donors (Lipinski definition) is 3. The van der Waals surface area contributed by atoms with Crippen LogP contribution in [0.4, 0.5) is 10.8 Å². The molecule has 3 N–H and O–H groups in total. The Kier molecular flexibility index (Phi) is 8.05. The third-order valence-electron chi connectivity index (χ3n) is 5.41. The number of carbonyl (C=O) groups excluding carboxylic acids is 2. The standard InChI is InChI=1S/C26H23N5O3S2/c1-16-22(24(33)30-19-10-6-7-11-20(19)34-2)23(17-8-4-3-5-9-17)18(14-27)25(29-16)36-15-21(32)31-26-28-12-13-35-26/h3-13,23,29H,15H2,1-2H3,(H,30,33)(H,28,31,32). The lowest BCUT2D eigenvalue weighted by Gasteiger charge is -2.30. The van der Waals surface area contributed by atoms with E-state index in [0.29, 0.717) is 38.4 Å². The van der Waals surface area contributed by atoms with Crippen molar-refractivity contribution in [2.45, 2.75) is 12.8 Å². The monoisotopic (exact) mass is 517 g/mol. The average Bonchev–Trinajstić information content (AvgIpc) is 3.40. The maximum atomic E-state index is 13.6. The summed E-state index contributed by atoms with van der Waals surface area (Å²) in [5.41, 5.74) is 2.70. The molecule has 2 heterocycles. The smallest absolute Gasteiger partial charge is 0.254 e. The van der Waals surface area contributed by atoms with Gasteiger partial charge in [0.2, 0.25) is 5.91 Å². The van der Waals surface area contributed by atoms with Crippen molar-refractivity contribution in [2.24, 2.45) is 0 Å². The van der Waals surface area contributed by atoms with Crippen LogP contribution in [0.3, 0.4) is 0 Å². The van der Waals surface area contributed by atoms with E-state index in [1.807, 2.05) is 36.4 Å². The number of ether oxygens (including phenoxy) is 1. The van der Waals surface area contributed by atoms with Gasteiger partial charge in [0, 0.05) is 22.8 Å². The van der Waals surface area contributed by atoms with Crippen LogP contribution in [0.5, 0.6) is 5.75 Å². The maximum Gasteiger partial charge on any atom is 0.254 e. The van der Waals surface area contributed by atoms with Gasteiger partial charge in [-0.1, -0.05) is 54.2 Å². The molecule has 0 aliphatic carbocycles. The largest absolute Gasteiger partial charge is 0.495 e. The van der Waals surface area contributed by atoms with Crippen molar-refractivity contribution >= 4 is 45.7 Å². The summed E-state index contributed by atoms with van der Waals surface area (Å²) in [6.45, 7) is 1.79. The van der Waals surface area contributed by atoms with E-state index in [1.54, 1.807) is 36.7 Å². The molecule has 1 aliphatic heterocycles. The molecule has 2 amide bonds. The van der Waals surface area contributed by atoms with Crippen LogP contribution in [0, 0.1) is 11.3 Å². The minimum absolute atomic E-state index is 0.0740. The van der Waals surface area contributed by atoms with Crippen molar-refractivity contribution in [2.75, 3.05) is 23.5 Å². The Morgan fingerprint density at radius 1 is 1.17 bits per heavy atom. The Morgan fingerprint density at radius 3 is 2.61 bits per heavy atom. The molecular weight excluding hydrogens is 494 g/mol. The van der Waals surface area contributed by atoms with Crippen molar-refractivity contribution in [3.63, 3.8) is 0 Å². The van der Waals surface area contributed by atoms with Crippen LogP contribution in [0.15, 0.2) is 88.0 Å². The van der Waals surface area contributed by atoms with Crippen LogP contribution in [0.1, 0.15) is 18.4 Å². The first-order chi connectivity index (χ1) is 17.5. The van der Waals surface area contributed by atoms with Crippen molar-refractivity contribution < 1.29 is 14.3 Å². The molecule has 0 radical (unpaired) electrons. The first-order valence-corrected chi connectivity index (χ1v) is 12.8. The molecule has 1 unspecified atom stereocenters. The predicted octanol–water partition coefficient (Wildman–Crippen LogP) is 4.86. The lowest BCUT2D eigenvalue weighted by atomic mass is 9.82. The summed E-state index contributed by atoms with van der Waals surface area (Å²) in [5, 5.41) is 21.9. The number of amides is 2. The number of hydrogen-bond acceptors (Lipinski definition) is 8. The van der Waals surface area contributed by atoms with Gasteiger partial charge < -0.3 is 20.7 Å². The second-order valence-corrected chi connectivity index (χ2v) is 9.57. The quantitative estimate of drug-likeness (QED) is 0.391. The number of anilines is 2. The maximum absolute atomic E-state index is 13.6. The van der Waals surface area contributed by atoms with Gasteiger partial charge >= 0.3 is 0 Å². The summed E-state index contributed by atoms with van der Waals surface area (Å²) in [4.78, 5) is 30.1. The Labute approximate surface area is 217 Å². The van der Waals surface area contributed by atoms with Gasteiger partial charge in [-0.25, -0.2) is 4.98 Å². The van der Waals surface area contributed by atoms with E-state index in [1.165, 1.54) is 30.2 Å². The number of thiazole rings is 1. The van der Waals surface area contributed by atoms with Crippen LogP contribution < -0.4 is 20.7 Å². The lowest BCUT2D eigenvalue weighted by molar-refractivity contribution is -0.114. The Bertz CT molecular complexity index is 1360. The fourth-order valence-corrected chi connectivity index (χ4v) is 5.26. The summed E-state index contributed by atoms with van der Waals surface area (Å²) in [6, 6.07) is 18.8. The van der Waals surface area contributed by atoms with Gasteiger partial charge in [-0.2, -0.15) is 5.26 Å². The molecule has 10 heteroatoms. The fourth-order valence-electron chi connectivity index (χ4n) is 3.82. The summed E-state index contributed by atoms with van der Waals surface area (Å²) in [5.74, 6) is -0.597. The Morgan fingerprint density at radius 2 is 1.92 bits per heavy atom. The van der Waals surface area contributed by atoms with Crippen molar-refractivity contribution in [1.29, 1.82) is 5.26 Å². The van der Waals surface area contributed by atoms with Crippen LogP contribution in [0.25, 0.3) is 0 Å². The zero-order valence-corrected chi connectivity index (χ0v) is 21.2. The number of nitrogens with one attached hydrogen (secondary N) is 3. The molecule has 2 aromatic carbocycles. The summed E-state index contributed by atoms with van der Waals surface area (Å²) < 4.78 is 5.37. The molecule has 36 heavy (non-hydrogen) atoms. The van der Waals surface area contributed by atoms with E-state index in [2.05, 4.69) is 27.0 Å². The van der Waals surface area contributed by atoms with Gasteiger partial charge in [-0.05, 0) is 24.6 Å². The number of carbonyl (C=O) groups is 2. The third-order valence-corrected chi connectivity index (χ3v) is 7.11. The fraction of sp³-hybridized carbons (Fsp3) is 0.154. The SMILES string of the molecule is COc1ccccc1NC(=O)C1=C(C)NC(SCC(=O)Nc2nccs2)=C(C#N)C1c1ccccc1. The van der Waals surface area contributed by atoms with E-state index >= 15 is 0 Å². The van der Waals surface area contributed by atoms with Crippen molar-refractivity contribution in [3.8, 4) is 11.8 Å². The predicted molar refractivity (Wildman–Crippen MR) is 142 cm³/mol. The van der Waals surface area contributed by atoms with E-state index in [0.717, 1.165) is 5.56 Å². The Balaban J connectivity index is 1.64. The molecule has 0 saturated heterocycles. The first kappa shape index (κ1) is 25.0. The van der Waals surface area contributed by atoms with Gasteiger partial charge in [0.15, 0.2) is 5.13 Å². The number of dihydropyridines is 1. The molecule has 0 fully saturated rings. The number of para-hydroxylation sites is 2. The highest BCUT2D eigenvalue weighted by molar-refractivity contribution is 8.03. The lowest BCUT2D eigenvalue weighted by Crippen LogP contribution is -2.31. The highest BCUT2D eigenvalue weighted by Crippen LogP contribution is 2.41. The summed E-state index contributed by atoms with van der Waals surface area (Å²) in [6.07, 6.45) is 1.61. The van der Waals surface area contributed by atoms with Crippen LogP contribution in [-0.4, -0.2) is 29.7 Å². The van der Waals surface area contributed by atoms with Gasteiger partial charge in [0.1, 0.15) is 5.75 Å². The average molecular weight is 518 g/mol. The molecular formula is C26H23N5O3S2. The normalized spacial score (nSPS) is 15.1. The van der Waals surface area contributed by atoms with E-state index in [-0.39, 0.29) is 17.6 Å². The van der Waals surface area contributed by atoms with Crippen molar-refractivity contribution in [1.82, 2.24) is 10.3 Å². The number of methoxy groups -OCH3 is 1. The summed E-state index contributed by atoms with van der Waals surface area (Å²) >= 11 is 2.54. The zero-order chi connectivity index (χ0) is 25.5.